The van der Waals surface area contributed by atoms with E-state index in [1.807, 2.05) is 24.3 Å². The minimum absolute atomic E-state index is 0.139. The van der Waals surface area contributed by atoms with E-state index < -0.39 is 0 Å². The van der Waals surface area contributed by atoms with Gasteiger partial charge in [-0.2, -0.15) is 0 Å². The molecule has 1 aliphatic rings. The van der Waals surface area contributed by atoms with Crippen molar-refractivity contribution >= 4 is 21.6 Å². The van der Waals surface area contributed by atoms with E-state index in [0.29, 0.717) is 11.6 Å². The fourth-order valence-corrected chi connectivity index (χ4v) is 2.85. The Morgan fingerprint density at radius 3 is 2.52 bits per heavy atom. The zero-order valence-electron chi connectivity index (χ0n) is 11.8. The van der Waals surface area contributed by atoms with Gasteiger partial charge in [-0.05, 0) is 54.7 Å². The van der Waals surface area contributed by atoms with Gasteiger partial charge in [0.1, 0.15) is 11.6 Å². The van der Waals surface area contributed by atoms with Crippen molar-refractivity contribution in [1.82, 2.24) is 0 Å². The Balaban J connectivity index is 1.86. The molecule has 4 heteroatoms. The summed E-state index contributed by atoms with van der Waals surface area (Å²) < 4.78 is 20.0. The Morgan fingerprint density at radius 1 is 1.19 bits per heavy atom. The van der Waals surface area contributed by atoms with Crippen LogP contribution in [-0.2, 0) is 0 Å². The monoisotopic (exact) mass is 349 g/mol. The highest BCUT2D eigenvalue weighted by Gasteiger charge is 2.32. The van der Waals surface area contributed by atoms with Crippen LogP contribution in [0.25, 0.3) is 0 Å². The number of anilines is 1. The molecule has 1 unspecified atom stereocenters. The SMILES string of the molecule is COc1ccc(C(Nc2cc(Br)ccc2F)C2CC2)cc1. The third-order valence-corrected chi connectivity index (χ3v) is 4.30. The number of hydrogen-bond donors (Lipinski definition) is 1. The van der Waals surface area contributed by atoms with Crippen LogP contribution in [-0.4, -0.2) is 7.11 Å². The summed E-state index contributed by atoms with van der Waals surface area (Å²) in [5.41, 5.74) is 1.70. The van der Waals surface area contributed by atoms with Crippen molar-refractivity contribution in [3.63, 3.8) is 0 Å². The van der Waals surface area contributed by atoms with Crippen molar-refractivity contribution in [2.24, 2.45) is 5.92 Å². The Bertz CT molecular complexity index is 625. The van der Waals surface area contributed by atoms with Crippen molar-refractivity contribution < 1.29 is 9.13 Å². The number of methoxy groups -OCH3 is 1. The second-order valence-corrected chi connectivity index (χ2v) is 6.27. The van der Waals surface area contributed by atoms with Crippen molar-refractivity contribution in [2.45, 2.75) is 18.9 Å². The Morgan fingerprint density at radius 2 is 1.90 bits per heavy atom. The van der Waals surface area contributed by atoms with Gasteiger partial charge in [0.2, 0.25) is 0 Å². The predicted molar refractivity (Wildman–Crippen MR) is 86.2 cm³/mol. The molecule has 1 N–H and O–H groups in total. The molecule has 1 atom stereocenters. The summed E-state index contributed by atoms with van der Waals surface area (Å²) in [5, 5.41) is 3.36. The minimum atomic E-state index is -0.225. The van der Waals surface area contributed by atoms with Crippen molar-refractivity contribution in [3.05, 3.63) is 58.3 Å². The summed E-state index contributed by atoms with van der Waals surface area (Å²) in [5.74, 6) is 1.18. The first kappa shape index (κ1) is 14.4. The Kier molecular flexibility index (Phi) is 4.15. The highest BCUT2D eigenvalue weighted by molar-refractivity contribution is 9.10. The molecule has 110 valence electrons. The second kappa shape index (κ2) is 6.06. The maximum absolute atomic E-state index is 13.9. The van der Waals surface area contributed by atoms with E-state index in [0.717, 1.165) is 15.8 Å². The molecule has 1 fully saturated rings. The van der Waals surface area contributed by atoms with Gasteiger partial charge in [0, 0.05) is 4.47 Å². The minimum Gasteiger partial charge on any atom is -0.497 e. The standard InChI is InChI=1S/C17H17BrFNO/c1-21-14-7-4-12(5-8-14)17(11-2-3-11)20-16-10-13(18)6-9-15(16)19/h4-11,17,20H,2-3H2,1H3. The molecule has 2 aromatic rings. The van der Waals surface area contributed by atoms with E-state index in [2.05, 4.69) is 21.2 Å². The smallest absolute Gasteiger partial charge is 0.146 e. The first-order chi connectivity index (χ1) is 10.2. The normalized spacial score (nSPS) is 15.6. The number of benzene rings is 2. The first-order valence-electron chi connectivity index (χ1n) is 7.03. The molecule has 0 aliphatic heterocycles. The summed E-state index contributed by atoms with van der Waals surface area (Å²) in [4.78, 5) is 0. The lowest BCUT2D eigenvalue weighted by Crippen LogP contribution is -2.13. The molecule has 3 rings (SSSR count). The number of ether oxygens (including phenoxy) is 1. The molecule has 2 aromatic carbocycles. The van der Waals surface area contributed by atoms with Crippen LogP contribution in [0.4, 0.5) is 10.1 Å². The maximum atomic E-state index is 13.9. The van der Waals surface area contributed by atoms with Crippen LogP contribution >= 0.6 is 15.9 Å². The fraction of sp³-hybridized carbons (Fsp3) is 0.294. The summed E-state index contributed by atoms with van der Waals surface area (Å²) in [7, 11) is 1.66. The quantitative estimate of drug-likeness (QED) is 0.804. The van der Waals surface area contributed by atoms with E-state index in [1.165, 1.54) is 18.9 Å². The van der Waals surface area contributed by atoms with E-state index in [1.54, 1.807) is 19.2 Å². The van der Waals surface area contributed by atoms with Gasteiger partial charge in [-0.3, -0.25) is 0 Å². The van der Waals surface area contributed by atoms with E-state index >= 15 is 0 Å². The highest BCUT2D eigenvalue weighted by atomic mass is 79.9. The first-order valence-corrected chi connectivity index (χ1v) is 7.82. The van der Waals surface area contributed by atoms with Gasteiger partial charge >= 0.3 is 0 Å². The molecule has 2 nitrogen and oxygen atoms in total. The molecular formula is C17H17BrFNO. The van der Waals surface area contributed by atoms with E-state index in [9.17, 15) is 4.39 Å². The van der Waals surface area contributed by atoms with Crippen LogP contribution < -0.4 is 10.1 Å². The van der Waals surface area contributed by atoms with Gasteiger partial charge in [0.05, 0.1) is 18.8 Å². The summed E-state index contributed by atoms with van der Waals surface area (Å²) in [6.45, 7) is 0. The van der Waals surface area contributed by atoms with Gasteiger partial charge < -0.3 is 10.1 Å². The molecule has 1 saturated carbocycles. The highest BCUT2D eigenvalue weighted by Crippen LogP contribution is 2.43. The fourth-order valence-electron chi connectivity index (χ4n) is 2.49. The molecule has 0 saturated heterocycles. The number of rotatable bonds is 5. The zero-order chi connectivity index (χ0) is 14.8. The van der Waals surface area contributed by atoms with Gasteiger partial charge in [-0.15, -0.1) is 0 Å². The van der Waals surface area contributed by atoms with Gasteiger partial charge in [0.15, 0.2) is 0 Å². The van der Waals surface area contributed by atoms with E-state index in [4.69, 9.17) is 4.74 Å². The van der Waals surface area contributed by atoms with Crippen molar-refractivity contribution in [1.29, 1.82) is 0 Å². The molecule has 0 radical (unpaired) electrons. The molecule has 1 aliphatic carbocycles. The van der Waals surface area contributed by atoms with Crippen LogP contribution in [0, 0.1) is 11.7 Å². The Hall–Kier alpha value is -1.55. The second-order valence-electron chi connectivity index (χ2n) is 5.36. The number of nitrogens with one attached hydrogen (secondary N) is 1. The summed E-state index contributed by atoms with van der Waals surface area (Å²) in [6, 6.07) is 13.1. The Labute approximate surface area is 132 Å². The topological polar surface area (TPSA) is 21.3 Å². The van der Waals surface area contributed by atoms with Crippen LogP contribution in [0.5, 0.6) is 5.75 Å². The molecule has 0 heterocycles. The van der Waals surface area contributed by atoms with Crippen molar-refractivity contribution in [3.8, 4) is 5.75 Å². The lowest BCUT2D eigenvalue weighted by Gasteiger charge is -2.21. The van der Waals surface area contributed by atoms with E-state index in [-0.39, 0.29) is 11.9 Å². The number of hydrogen-bond acceptors (Lipinski definition) is 2. The lowest BCUT2D eigenvalue weighted by atomic mass is 10.0. The summed E-state index contributed by atoms with van der Waals surface area (Å²) in [6.07, 6.45) is 2.36. The van der Waals surface area contributed by atoms with Crippen LogP contribution in [0.1, 0.15) is 24.4 Å². The van der Waals surface area contributed by atoms with Gasteiger partial charge in [-0.1, -0.05) is 28.1 Å². The molecular weight excluding hydrogens is 333 g/mol. The number of halogens is 2. The maximum Gasteiger partial charge on any atom is 0.146 e. The molecule has 0 amide bonds. The molecule has 0 aromatic heterocycles. The van der Waals surface area contributed by atoms with Gasteiger partial charge in [-0.25, -0.2) is 4.39 Å². The third-order valence-electron chi connectivity index (χ3n) is 3.81. The van der Waals surface area contributed by atoms with Crippen LogP contribution in [0.3, 0.4) is 0 Å². The third kappa shape index (κ3) is 3.38. The largest absolute Gasteiger partial charge is 0.497 e. The average Bonchev–Trinajstić information content (AvgIpc) is 3.33. The van der Waals surface area contributed by atoms with Crippen molar-refractivity contribution in [2.75, 3.05) is 12.4 Å². The molecule has 0 bridgehead atoms. The molecule has 0 spiro atoms. The van der Waals surface area contributed by atoms with Crippen LogP contribution in [0.2, 0.25) is 0 Å². The molecule has 21 heavy (non-hydrogen) atoms. The zero-order valence-corrected chi connectivity index (χ0v) is 13.4. The lowest BCUT2D eigenvalue weighted by molar-refractivity contribution is 0.414. The average molecular weight is 350 g/mol. The van der Waals surface area contributed by atoms with Crippen LogP contribution in [0.15, 0.2) is 46.9 Å². The van der Waals surface area contributed by atoms with Gasteiger partial charge in [0.25, 0.3) is 0 Å². The predicted octanol–water partition coefficient (Wildman–Crippen LogP) is 5.16. The summed E-state index contributed by atoms with van der Waals surface area (Å²) >= 11 is 3.39.